The number of halogens is 6. The number of hydrogen-bond acceptors (Lipinski definition) is 3. The van der Waals surface area contributed by atoms with Crippen molar-refractivity contribution in [2.24, 2.45) is 11.3 Å². The highest BCUT2D eigenvalue weighted by Crippen LogP contribution is 2.40. The number of carboxylic acid groups (broad SMARTS) is 1. The highest BCUT2D eigenvalue weighted by Gasteiger charge is 2.39. The lowest BCUT2D eigenvalue weighted by Gasteiger charge is -2.33. The third-order valence-electron chi connectivity index (χ3n) is 8.25. The van der Waals surface area contributed by atoms with Crippen molar-refractivity contribution >= 4 is 34.9 Å². The van der Waals surface area contributed by atoms with Gasteiger partial charge in [0.25, 0.3) is 5.91 Å². The number of aliphatic carboxylic acids is 1. The number of benzene rings is 3. The second-order valence-corrected chi connectivity index (χ2v) is 12.7. The van der Waals surface area contributed by atoms with Gasteiger partial charge in [-0.1, -0.05) is 51.1 Å². The second kappa shape index (κ2) is 14.1. The van der Waals surface area contributed by atoms with Crippen molar-refractivity contribution in [3.63, 3.8) is 0 Å². The van der Waals surface area contributed by atoms with Gasteiger partial charge in [0.1, 0.15) is 5.82 Å². The summed E-state index contributed by atoms with van der Waals surface area (Å²) in [6, 6.07) is 13.3. The number of hydrogen-bond donors (Lipinski definition) is 3. The molecule has 4 rings (SSSR count). The van der Waals surface area contributed by atoms with Gasteiger partial charge in [-0.05, 0) is 89.8 Å². The molecule has 0 saturated carbocycles. The molecule has 0 fully saturated rings. The van der Waals surface area contributed by atoms with Gasteiger partial charge in [-0.2, -0.15) is 22.0 Å². The molecule has 256 valence electrons. The van der Waals surface area contributed by atoms with Crippen LogP contribution in [0.3, 0.4) is 0 Å². The average Bonchev–Trinajstić information content (AvgIpc) is 3.02. The minimum absolute atomic E-state index is 0.0609. The van der Waals surface area contributed by atoms with Crippen LogP contribution < -0.4 is 15.5 Å². The van der Waals surface area contributed by atoms with Crippen LogP contribution in [-0.2, 0) is 17.5 Å². The lowest BCUT2D eigenvalue weighted by Crippen LogP contribution is -2.42. The molecule has 0 bridgehead atoms. The van der Waals surface area contributed by atoms with Gasteiger partial charge in [0.05, 0.1) is 18.7 Å². The van der Waals surface area contributed by atoms with Crippen molar-refractivity contribution in [1.29, 1.82) is 0 Å². The molecule has 0 heterocycles. The predicted octanol–water partition coefficient (Wildman–Crippen LogP) is 8.76. The van der Waals surface area contributed by atoms with E-state index in [1.54, 1.807) is 12.1 Å². The number of allylic oxidation sites excluding steroid dienone is 2. The zero-order chi connectivity index (χ0) is 35.4. The van der Waals surface area contributed by atoms with Crippen LogP contribution in [0.4, 0.5) is 42.5 Å². The summed E-state index contributed by atoms with van der Waals surface area (Å²) in [5.74, 6) is -8.15. The summed E-state index contributed by atoms with van der Waals surface area (Å²) >= 11 is 0. The van der Waals surface area contributed by atoms with Crippen molar-refractivity contribution in [2.75, 3.05) is 16.8 Å². The maximum atomic E-state index is 14.1. The van der Waals surface area contributed by atoms with Crippen LogP contribution in [-0.4, -0.2) is 35.5 Å². The molecule has 7 nitrogen and oxygen atoms in total. The maximum absolute atomic E-state index is 14.1. The second-order valence-electron chi connectivity index (χ2n) is 12.7. The molecule has 0 saturated heterocycles. The van der Waals surface area contributed by atoms with Gasteiger partial charge in [-0.3, -0.25) is 9.69 Å². The molecular weight excluding hydrogens is 640 g/mol. The highest BCUT2D eigenvalue weighted by molar-refractivity contribution is 6.02. The first-order valence-electron chi connectivity index (χ1n) is 15.1. The number of amides is 3. The van der Waals surface area contributed by atoms with Crippen LogP contribution in [0, 0.1) is 17.2 Å². The quantitative estimate of drug-likeness (QED) is 0.198. The number of carbonyl (C=O) groups is 3. The van der Waals surface area contributed by atoms with Crippen molar-refractivity contribution in [3.05, 3.63) is 101 Å². The summed E-state index contributed by atoms with van der Waals surface area (Å²) in [4.78, 5) is 37.7. The Morgan fingerprint density at radius 2 is 1.56 bits per heavy atom. The minimum Gasteiger partial charge on any atom is -0.477 e. The fourth-order valence-corrected chi connectivity index (χ4v) is 5.35. The van der Waals surface area contributed by atoms with Gasteiger partial charge in [0, 0.05) is 16.9 Å². The normalized spacial score (nSPS) is 15.4. The van der Waals surface area contributed by atoms with E-state index < -0.39 is 53.6 Å². The number of urea groups is 1. The Labute approximate surface area is 273 Å². The molecule has 0 radical (unpaired) electrons. The summed E-state index contributed by atoms with van der Waals surface area (Å²) in [6.07, 6.45) is 0.186. The molecule has 13 heteroatoms. The first-order chi connectivity index (χ1) is 22.3. The lowest BCUT2D eigenvalue weighted by molar-refractivity contribution is -0.163. The number of alkyl halides is 5. The smallest absolute Gasteiger partial charge is 0.416 e. The Morgan fingerprint density at radius 3 is 2.10 bits per heavy atom. The zero-order valence-electron chi connectivity index (χ0n) is 26.4. The lowest BCUT2D eigenvalue weighted by atomic mass is 9.72. The third kappa shape index (κ3) is 9.17. The molecule has 1 unspecified atom stereocenters. The van der Waals surface area contributed by atoms with Crippen molar-refractivity contribution < 1.29 is 45.8 Å². The topological polar surface area (TPSA) is 98.7 Å². The van der Waals surface area contributed by atoms with Gasteiger partial charge < -0.3 is 15.7 Å². The van der Waals surface area contributed by atoms with Gasteiger partial charge >= 0.3 is 24.1 Å². The van der Waals surface area contributed by atoms with Crippen molar-refractivity contribution in [1.82, 2.24) is 5.32 Å². The molecule has 3 amide bonds. The molecular formula is C35H35F6N3O4. The monoisotopic (exact) mass is 675 g/mol. The number of carbonyl (C=O) groups excluding carboxylic acids is 2. The molecule has 1 aliphatic rings. The van der Waals surface area contributed by atoms with Crippen LogP contribution in [0.2, 0.25) is 0 Å². The van der Waals surface area contributed by atoms with E-state index in [2.05, 4.69) is 32.2 Å². The summed E-state index contributed by atoms with van der Waals surface area (Å²) in [5, 5.41) is 12.7. The number of anilines is 2. The molecule has 1 aliphatic carbocycles. The third-order valence-corrected chi connectivity index (χ3v) is 8.25. The van der Waals surface area contributed by atoms with Crippen LogP contribution in [0.25, 0.3) is 5.57 Å². The van der Waals surface area contributed by atoms with Crippen LogP contribution >= 0.6 is 0 Å². The van der Waals surface area contributed by atoms with E-state index in [0.717, 1.165) is 36.5 Å². The SMILES string of the molecule is CC(C)(C)C1CC=C(c2ccc(N(Cc3ccc(C(=O)NCC(F)(F)C(=O)O)cc3)C(=O)Nc3cc(F)cc(C(F)(F)F)c3)cc2)CC1. The summed E-state index contributed by atoms with van der Waals surface area (Å²) in [5.41, 5.74) is 1.35. The van der Waals surface area contributed by atoms with E-state index in [9.17, 15) is 40.7 Å². The number of nitrogens with zero attached hydrogens (tertiary/aromatic N) is 1. The van der Waals surface area contributed by atoms with E-state index in [1.165, 1.54) is 29.2 Å². The Bertz CT molecular complexity index is 1680. The predicted molar refractivity (Wildman–Crippen MR) is 169 cm³/mol. The molecule has 1 atom stereocenters. The van der Waals surface area contributed by atoms with Crippen molar-refractivity contribution in [3.8, 4) is 0 Å². The summed E-state index contributed by atoms with van der Waals surface area (Å²) in [6.45, 7) is 5.07. The van der Waals surface area contributed by atoms with E-state index in [-0.39, 0.29) is 17.5 Å². The molecule has 48 heavy (non-hydrogen) atoms. The number of rotatable bonds is 9. The summed E-state index contributed by atoms with van der Waals surface area (Å²) in [7, 11) is 0. The Hall–Kier alpha value is -4.81. The summed E-state index contributed by atoms with van der Waals surface area (Å²) < 4.78 is 80.8. The van der Waals surface area contributed by atoms with Gasteiger partial charge in [-0.25, -0.2) is 14.0 Å². The fourth-order valence-electron chi connectivity index (χ4n) is 5.35. The van der Waals surface area contributed by atoms with Crippen LogP contribution in [0.5, 0.6) is 0 Å². The Kier molecular flexibility index (Phi) is 10.6. The van der Waals surface area contributed by atoms with E-state index in [0.29, 0.717) is 29.3 Å². The molecule has 0 spiro atoms. The van der Waals surface area contributed by atoms with E-state index >= 15 is 0 Å². The van der Waals surface area contributed by atoms with Crippen LogP contribution in [0.15, 0.2) is 72.8 Å². The highest BCUT2D eigenvalue weighted by atomic mass is 19.4. The average molecular weight is 676 g/mol. The molecule has 0 aliphatic heterocycles. The van der Waals surface area contributed by atoms with Gasteiger partial charge in [0.15, 0.2) is 0 Å². The van der Waals surface area contributed by atoms with Gasteiger partial charge in [0.2, 0.25) is 0 Å². The number of carboxylic acids is 1. The molecule has 0 aromatic heterocycles. The van der Waals surface area contributed by atoms with Gasteiger partial charge in [-0.15, -0.1) is 0 Å². The van der Waals surface area contributed by atoms with E-state index in [4.69, 9.17) is 5.11 Å². The zero-order valence-corrected chi connectivity index (χ0v) is 26.4. The van der Waals surface area contributed by atoms with E-state index in [1.807, 2.05) is 17.4 Å². The molecule has 3 aromatic rings. The first kappa shape index (κ1) is 36.0. The maximum Gasteiger partial charge on any atom is 0.416 e. The largest absolute Gasteiger partial charge is 0.477 e. The molecule has 3 N–H and O–H groups in total. The first-order valence-corrected chi connectivity index (χ1v) is 15.1. The van der Waals surface area contributed by atoms with Crippen LogP contribution in [0.1, 0.15) is 67.1 Å². The van der Waals surface area contributed by atoms with Crippen molar-refractivity contribution in [2.45, 2.75) is 58.7 Å². The standard InChI is InChI=1S/C35H35F6N3O4/c1-33(2,3)25-12-8-22(9-13-25)23-10-14-29(15-11-23)44(32(48)43-28-17-26(35(39,40)41)16-27(36)18-28)19-21-4-6-24(7-5-21)30(45)42-20-34(37,38)31(46)47/h4-8,10-11,14-18,25H,9,12-13,19-20H2,1-3H3,(H,42,45)(H,43,48)(H,46,47). The molecule has 3 aromatic carbocycles. The number of nitrogens with one attached hydrogen (secondary N) is 2. The Morgan fingerprint density at radius 1 is 0.917 bits per heavy atom. The Balaban J connectivity index is 1.58. The fraction of sp³-hybridized carbons (Fsp3) is 0.343. The minimum atomic E-state index is -4.85.